The van der Waals surface area contributed by atoms with E-state index >= 15 is 0 Å². The van der Waals surface area contributed by atoms with Crippen molar-refractivity contribution in [3.63, 3.8) is 0 Å². The number of nitrogens with one attached hydrogen (secondary N) is 1. The molecule has 0 fully saturated rings. The summed E-state index contributed by atoms with van der Waals surface area (Å²) in [6.07, 6.45) is 0.648. The van der Waals surface area contributed by atoms with Crippen LogP contribution in [0.4, 0.5) is 4.39 Å². The minimum absolute atomic E-state index is 0.168. The van der Waals surface area contributed by atoms with Crippen molar-refractivity contribution in [2.24, 2.45) is 5.92 Å². The standard InChI is InChI=1S/C15H16FNO3S/c1-3-8(2)13(15(19)20)17-14(18)12-6-9-4-5-10(16)7-11(9)21-12/h4-8,13H,3H2,1-2H3,(H,17,18)(H,19,20)/t8-,13-/m0/s1. The molecule has 0 aliphatic carbocycles. The number of rotatable bonds is 5. The predicted molar refractivity (Wildman–Crippen MR) is 80.1 cm³/mol. The first-order chi connectivity index (χ1) is 9.92. The van der Waals surface area contributed by atoms with E-state index in [1.165, 1.54) is 12.1 Å². The lowest BCUT2D eigenvalue weighted by Gasteiger charge is -2.19. The molecule has 0 bridgehead atoms. The van der Waals surface area contributed by atoms with Crippen LogP contribution in [0.1, 0.15) is 29.9 Å². The quantitative estimate of drug-likeness (QED) is 0.891. The fourth-order valence-corrected chi connectivity index (χ4v) is 3.00. The minimum Gasteiger partial charge on any atom is -0.480 e. The summed E-state index contributed by atoms with van der Waals surface area (Å²) in [5, 5.41) is 12.5. The second-order valence-electron chi connectivity index (χ2n) is 4.97. The van der Waals surface area contributed by atoms with Crippen LogP contribution in [0.3, 0.4) is 0 Å². The lowest BCUT2D eigenvalue weighted by molar-refractivity contribution is -0.140. The van der Waals surface area contributed by atoms with Crippen LogP contribution in [0.5, 0.6) is 0 Å². The Labute approximate surface area is 125 Å². The van der Waals surface area contributed by atoms with Crippen LogP contribution < -0.4 is 5.32 Å². The van der Waals surface area contributed by atoms with E-state index in [1.807, 2.05) is 6.92 Å². The zero-order valence-corrected chi connectivity index (χ0v) is 12.5. The average molecular weight is 309 g/mol. The van der Waals surface area contributed by atoms with Gasteiger partial charge < -0.3 is 10.4 Å². The highest BCUT2D eigenvalue weighted by atomic mass is 32.1. The van der Waals surface area contributed by atoms with Crippen molar-refractivity contribution in [2.75, 3.05) is 0 Å². The average Bonchev–Trinajstić information content (AvgIpc) is 2.86. The number of thiophene rings is 1. The van der Waals surface area contributed by atoms with Gasteiger partial charge in [-0.05, 0) is 29.5 Å². The molecule has 6 heteroatoms. The van der Waals surface area contributed by atoms with E-state index in [1.54, 1.807) is 19.1 Å². The Morgan fingerprint density at radius 3 is 2.71 bits per heavy atom. The number of hydrogen-bond donors (Lipinski definition) is 2. The van der Waals surface area contributed by atoms with E-state index in [9.17, 15) is 19.1 Å². The third kappa shape index (κ3) is 3.39. The van der Waals surface area contributed by atoms with Gasteiger partial charge in [-0.3, -0.25) is 4.79 Å². The molecule has 1 heterocycles. The van der Waals surface area contributed by atoms with Gasteiger partial charge in [-0.2, -0.15) is 0 Å². The molecule has 0 radical (unpaired) electrons. The zero-order chi connectivity index (χ0) is 15.6. The van der Waals surface area contributed by atoms with Gasteiger partial charge in [-0.25, -0.2) is 9.18 Å². The van der Waals surface area contributed by atoms with Crippen molar-refractivity contribution in [2.45, 2.75) is 26.3 Å². The van der Waals surface area contributed by atoms with Crippen molar-refractivity contribution >= 4 is 33.3 Å². The molecule has 0 aliphatic rings. The van der Waals surface area contributed by atoms with Gasteiger partial charge in [-0.15, -0.1) is 11.3 Å². The van der Waals surface area contributed by atoms with E-state index < -0.39 is 17.9 Å². The second-order valence-corrected chi connectivity index (χ2v) is 6.05. The maximum atomic E-state index is 13.1. The maximum Gasteiger partial charge on any atom is 0.326 e. The van der Waals surface area contributed by atoms with Crippen LogP contribution in [0.25, 0.3) is 10.1 Å². The molecule has 2 aromatic rings. The Balaban J connectivity index is 2.23. The minimum atomic E-state index is -1.05. The van der Waals surface area contributed by atoms with E-state index in [2.05, 4.69) is 5.32 Å². The van der Waals surface area contributed by atoms with Gasteiger partial charge in [0.25, 0.3) is 5.91 Å². The summed E-state index contributed by atoms with van der Waals surface area (Å²) in [5.41, 5.74) is 0. The molecule has 21 heavy (non-hydrogen) atoms. The number of benzene rings is 1. The van der Waals surface area contributed by atoms with Crippen molar-refractivity contribution in [3.05, 3.63) is 35.0 Å². The van der Waals surface area contributed by atoms with Crippen molar-refractivity contribution in [1.82, 2.24) is 5.32 Å². The van der Waals surface area contributed by atoms with E-state index in [0.717, 1.165) is 16.7 Å². The molecule has 0 saturated carbocycles. The number of fused-ring (bicyclic) bond motifs is 1. The normalized spacial score (nSPS) is 13.9. The number of carboxylic acids is 1. The second kappa shape index (κ2) is 6.22. The summed E-state index contributed by atoms with van der Waals surface area (Å²) in [6, 6.07) is 5.01. The number of carboxylic acid groups (broad SMARTS) is 1. The first kappa shape index (κ1) is 15.4. The van der Waals surface area contributed by atoms with E-state index in [4.69, 9.17) is 0 Å². The SMILES string of the molecule is CC[C@H](C)[C@H](NC(=O)c1cc2ccc(F)cc2s1)C(=O)O. The highest BCUT2D eigenvalue weighted by Crippen LogP contribution is 2.26. The van der Waals surface area contributed by atoms with Crippen LogP contribution in [0.15, 0.2) is 24.3 Å². The summed E-state index contributed by atoms with van der Waals surface area (Å²) in [5.74, 6) is -2.02. The lowest BCUT2D eigenvalue weighted by atomic mass is 9.99. The third-order valence-electron chi connectivity index (χ3n) is 3.47. The van der Waals surface area contributed by atoms with Gasteiger partial charge in [-0.1, -0.05) is 26.3 Å². The van der Waals surface area contributed by atoms with Gasteiger partial charge in [0.15, 0.2) is 0 Å². The molecule has 112 valence electrons. The topological polar surface area (TPSA) is 66.4 Å². The van der Waals surface area contributed by atoms with E-state index in [-0.39, 0.29) is 11.7 Å². The summed E-state index contributed by atoms with van der Waals surface area (Å²) in [6.45, 7) is 3.65. The fraction of sp³-hybridized carbons (Fsp3) is 0.333. The summed E-state index contributed by atoms with van der Waals surface area (Å²) in [4.78, 5) is 23.8. The molecule has 4 nitrogen and oxygen atoms in total. The van der Waals surface area contributed by atoms with Gasteiger partial charge in [0, 0.05) is 4.70 Å². The van der Waals surface area contributed by atoms with Crippen LogP contribution in [0.2, 0.25) is 0 Å². The molecule has 1 aromatic carbocycles. The summed E-state index contributed by atoms with van der Waals surface area (Å²) >= 11 is 1.15. The smallest absolute Gasteiger partial charge is 0.326 e. The van der Waals surface area contributed by atoms with Gasteiger partial charge in [0.1, 0.15) is 11.9 Å². The number of carbonyl (C=O) groups excluding carboxylic acids is 1. The van der Waals surface area contributed by atoms with E-state index in [0.29, 0.717) is 16.0 Å². The molecular formula is C15H16FNO3S. The summed E-state index contributed by atoms with van der Waals surface area (Å²) < 4.78 is 13.8. The van der Waals surface area contributed by atoms with Gasteiger partial charge >= 0.3 is 5.97 Å². The first-order valence-electron chi connectivity index (χ1n) is 6.65. The van der Waals surface area contributed by atoms with Crippen LogP contribution in [-0.4, -0.2) is 23.0 Å². The highest BCUT2D eigenvalue weighted by Gasteiger charge is 2.26. The van der Waals surface area contributed by atoms with Gasteiger partial charge in [0.2, 0.25) is 0 Å². The van der Waals surface area contributed by atoms with Crippen LogP contribution in [-0.2, 0) is 4.79 Å². The van der Waals surface area contributed by atoms with Crippen molar-refractivity contribution in [1.29, 1.82) is 0 Å². The monoisotopic (exact) mass is 309 g/mol. The van der Waals surface area contributed by atoms with Crippen LogP contribution in [0, 0.1) is 11.7 Å². The molecule has 0 spiro atoms. The Kier molecular flexibility index (Phi) is 4.57. The molecule has 1 aromatic heterocycles. The summed E-state index contributed by atoms with van der Waals surface area (Å²) in [7, 11) is 0. The van der Waals surface area contributed by atoms with Crippen LogP contribution >= 0.6 is 11.3 Å². The third-order valence-corrected chi connectivity index (χ3v) is 4.57. The molecule has 2 rings (SSSR count). The largest absolute Gasteiger partial charge is 0.480 e. The fourth-order valence-electron chi connectivity index (χ4n) is 2.01. The molecule has 2 atom stereocenters. The number of amides is 1. The number of halogens is 1. The lowest BCUT2D eigenvalue weighted by Crippen LogP contribution is -2.44. The predicted octanol–water partition coefficient (Wildman–Crippen LogP) is 3.27. The molecule has 0 unspecified atom stereocenters. The Bertz CT molecular complexity index is 683. The Hall–Kier alpha value is -1.95. The Morgan fingerprint density at radius 1 is 1.38 bits per heavy atom. The maximum absolute atomic E-state index is 13.1. The van der Waals surface area contributed by atoms with Gasteiger partial charge in [0.05, 0.1) is 4.88 Å². The van der Waals surface area contributed by atoms with Crippen molar-refractivity contribution < 1.29 is 19.1 Å². The molecule has 0 saturated heterocycles. The Morgan fingerprint density at radius 2 is 2.10 bits per heavy atom. The molecular weight excluding hydrogens is 293 g/mol. The molecule has 0 aliphatic heterocycles. The number of hydrogen-bond acceptors (Lipinski definition) is 3. The highest BCUT2D eigenvalue weighted by molar-refractivity contribution is 7.20. The zero-order valence-electron chi connectivity index (χ0n) is 11.7. The first-order valence-corrected chi connectivity index (χ1v) is 7.46. The van der Waals surface area contributed by atoms with Crippen molar-refractivity contribution in [3.8, 4) is 0 Å². The molecule has 2 N–H and O–H groups in total. The number of aliphatic carboxylic acids is 1. The molecule has 1 amide bonds. The number of carbonyl (C=O) groups is 2.